The van der Waals surface area contributed by atoms with Crippen LogP contribution in [-0.2, 0) is 0 Å². The first kappa shape index (κ1) is 23.8. The van der Waals surface area contributed by atoms with Crippen LogP contribution in [0.3, 0.4) is 0 Å². The molecule has 2 aromatic carbocycles. The van der Waals surface area contributed by atoms with E-state index >= 15 is 0 Å². The molecule has 2 unspecified atom stereocenters. The Bertz CT molecular complexity index is 1490. The Kier molecular flexibility index (Phi) is 6.44. The van der Waals surface area contributed by atoms with Gasteiger partial charge in [0, 0.05) is 34.3 Å². The minimum atomic E-state index is 0.296. The second-order valence-corrected chi connectivity index (χ2v) is 12.6. The van der Waals surface area contributed by atoms with E-state index in [0.29, 0.717) is 10.6 Å². The van der Waals surface area contributed by atoms with Crippen LogP contribution in [0.1, 0.15) is 23.8 Å². The monoisotopic (exact) mass is 530 g/mol. The summed E-state index contributed by atoms with van der Waals surface area (Å²) in [6, 6.07) is 17.7. The number of allylic oxidation sites excluding steroid dienone is 2. The number of thiophene rings is 1. The highest BCUT2D eigenvalue weighted by atomic mass is 32.2. The van der Waals surface area contributed by atoms with Gasteiger partial charge in [-0.25, -0.2) is 0 Å². The lowest BCUT2D eigenvalue weighted by molar-refractivity contribution is 0.410. The van der Waals surface area contributed by atoms with Crippen molar-refractivity contribution in [2.75, 3.05) is 25.6 Å². The minimum absolute atomic E-state index is 0.296. The summed E-state index contributed by atoms with van der Waals surface area (Å²) in [7, 11) is 4.01. The molecular formula is C30H30N2OS3. The molecule has 3 aliphatic rings. The lowest BCUT2D eigenvalue weighted by Gasteiger charge is -2.22. The van der Waals surface area contributed by atoms with Crippen LogP contribution in [0.5, 0.6) is 5.75 Å². The third kappa shape index (κ3) is 4.09. The number of hydrogen-bond acceptors (Lipinski definition) is 6. The van der Waals surface area contributed by atoms with Crippen molar-refractivity contribution >= 4 is 57.9 Å². The first-order chi connectivity index (χ1) is 17.6. The van der Waals surface area contributed by atoms with Crippen LogP contribution in [0.25, 0.3) is 17.3 Å². The Morgan fingerprint density at radius 2 is 2.03 bits per heavy atom. The van der Waals surface area contributed by atoms with Gasteiger partial charge in [-0.2, -0.15) is 0 Å². The average Bonchev–Trinajstić information content (AvgIpc) is 3.61. The number of aryl methyl sites for hydroxylation is 1. The lowest BCUT2D eigenvalue weighted by atomic mass is 10.0. The summed E-state index contributed by atoms with van der Waals surface area (Å²) in [5.74, 6) is 0.952. The topological polar surface area (TPSA) is 15.7 Å². The van der Waals surface area contributed by atoms with Crippen LogP contribution in [0.4, 0.5) is 5.69 Å². The highest BCUT2D eigenvalue weighted by Crippen LogP contribution is 2.49. The molecule has 1 aliphatic carbocycles. The van der Waals surface area contributed by atoms with Crippen molar-refractivity contribution in [2.24, 2.45) is 0 Å². The molecule has 1 aromatic heterocycles. The Morgan fingerprint density at radius 1 is 1.17 bits per heavy atom. The molecule has 184 valence electrons. The largest absolute Gasteiger partial charge is 0.496 e. The zero-order valence-corrected chi connectivity index (χ0v) is 23.5. The zero-order valence-electron chi connectivity index (χ0n) is 21.0. The van der Waals surface area contributed by atoms with Gasteiger partial charge in [-0.3, -0.25) is 0 Å². The Labute approximate surface area is 225 Å². The molecule has 6 rings (SSSR count). The van der Waals surface area contributed by atoms with E-state index in [9.17, 15) is 0 Å². The molecule has 0 amide bonds. The van der Waals surface area contributed by atoms with Gasteiger partial charge in [0.25, 0.3) is 0 Å². The summed E-state index contributed by atoms with van der Waals surface area (Å²) in [6.45, 7) is 5.28. The van der Waals surface area contributed by atoms with E-state index in [2.05, 4.69) is 115 Å². The molecule has 0 radical (unpaired) electrons. The maximum atomic E-state index is 5.61. The van der Waals surface area contributed by atoms with Crippen LogP contribution >= 0.6 is 34.9 Å². The number of anilines is 1. The van der Waals surface area contributed by atoms with Gasteiger partial charge in [0.1, 0.15) is 5.75 Å². The van der Waals surface area contributed by atoms with Crippen LogP contribution < -0.4 is 20.1 Å². The van der Waals surface area contributed by atoms with Crippen molar-refractivity contribution < 1.29 is 4.74 Å². The quantitative estimate of drug-likeness (QED) is 0.384. The Hall–Kier alpha value is -2.54. The highest BCUT2D eigenvalue weighted by molar-refractivity contribution is 8.03. The van der Waals surface area contributed by atoms with Crippen molar-refractivity contribution in [3.05, 3.63) is 92.0 Å². The number of ether oxygens (including phenoxy) is 1. The average molecular weight is 531 g/mol. The van der Waals surface area contributed by atoms with Crippen LogP contribution in [0, 0.1) is 6.92 Å². The number of thioether (sulfide) groups is 2. The molecule has 6 heteroatoms. The summed E-state index contributed by atoms with van der Waals surface area (Å²) < 4.78 is 5.61. The van der Waals surface area contributed by atoms with Gasteiger partial charge in [-0.05, 0) is 72.4 Å². The van der Waals surface area contributed by atoms with Crippen molar-refractivity contribution in [1.82, 2.24) is 4.90 Å². The summed E-state index contributed by atoms with van der Waals surface area (Å²) >= 11 is 5.73. The van der Waals surface area contributed by atoms with Gasteiger partial charge >= 0.3 is 0 Å². The van der Waals surface area contributed by atoms with E-state index in [4.69, 9.17) is 4.74 Å². The summed E-state index contributed by atoms with van der Waals surface area (Å²) in [6.07, 6.45) is 8.36. The number of rotatable bonds is 5. The molecule has 3 aromatic rings. The standard InChI is InChI=1S/C30H30N2OS3/c1-5-32-23-15-19(2)24(33-4)18-27(23)36-29(32)17-21(25-11-8-14-34-25)16-28-31(3)30-22-10-7-6-9-20(22)12-13-26(30)35-28/h6-12,14-18,26,28H,5,13H2,1-4H3/b21-16+,29-17?. The lowest BCUT2D eigenvalue weighted by Crippen LogP contribution is -2.37. The summed E-state index contributed by atoms with van der Waals surface area (Å²) in [4.78, 5) is 7.50. The van der Waals surface area contributed by atoms with Crippen LogP contribution in [0.2, 0.25) is 0 Å². The van der Waals surface area contributed by atoms with Crippen molar-refractivity contribution in [2.45, 2.75) is 35.8 Å². The van der Waals surface area contributed by atoms with Crippen molar-refractivity contribution in [1.29, 1.82) is 0 Å². The van der Waals surface area contributed by atoms with Crippen molar-refractivity contribution in [3.8, 4) is 5.75 Å². The third-order valence-electron chi connectivity index (χ3n) is 7.13. The molecule has 2 atom stereocenters. The fourth-order valence-corrected chi connectivity index (χ4v) is 8.73. The van der Waals surface area contributed by atoms with E-state index in [1.54, 1.807) is 7.11 Å². The molecule has 36 heavy (non-hydrogen) atoms. The van der Waals surface area contributed by atoms with Gasteiger partial charge in [-0.1, -0.05) is 48.2 Å². The molecule has 1 saturated heterocycles. The maximum absolute atomic E-state index is 5.61. The molecule has 0 saturated carbocycles. The van der Waals surface area contributed by atoms with Crippen LogP contribution in [0.15, 0.2) is 76.0 Å². The smallest absolute Gasteiger partial charge is 0.123 e. The molecule has 3 heterocycles. The first-order valence-corrected chi connectivity index (χ1v) is 15.0. The van der Waals surface area contributed by atoms with E-state index in [0.717, 1.165) is 18.7 Å². The van der Waals surface area contributed by atoms with Gasteiger partial charge in [0.05, 0.1) is 28.5 Å². The fraction of sp³-hybridized carbons (Fsp3) is 0.267. The SMILES string of the molecule is CCN1C(=C/C(=C\C2SC3CC=c4ccccc4=C3N2C)c2cccs2)Sc2cc(OC)c(C)cc21. The third-order valence-corrected chi connectivity index (χ3v) is 10.6. The van der Waals surface area contributed by atoms with Crippen LogP contribution in [-0.4, -0.2) is 36.2 Å². The number of nitrogens with zero attached hydrogens (tertiary/aromatic N) is 2. The van der Waals surface area contributed by atoms with E-state index in [-0.39, 0.29) is 0 Å². The Balaban J connectivity index is 1.40. The predicted octanol–water partition coefficient (Wildman–Crippen LogP) is 6.29. The number of benzene rings is 2. The van der Waals surface area contributed by atoms with E-state index in [1.807, 2.05) is 23.1 Å². The van der Waals surface area contributed by atoms with Gasteiger partial charge in [0.15, 0.2) is 0 Å². The number of likely N-dealkylation sites (N-methyl/N-ethyl adjacent to an activating group) is 1. The predicted molar refractivity (Wildman–Crippen MR) is 158 cm³/mol. The maximum Gasteiger partial charge on any atom is 0.123 e. The van der Waals surface area contributed by atoms with Gasteiger partial charge in [0.2, 0.25) is 0 Å². The summed E-state index contributed by atoms with van der Waals surface area (Å²) in [5, 5.41) is 7.01. The molecule has 0 N–H and O–H groups in total. The molecule has 1 fully saturated rings. The second kappa shape index (κ2) is 9.73. The summed E-state index contributed by atoms with van der Waals surface area (Å²) in [5.41, 5.74) is 5.21. The molecular weight excluding hydrogens is 501 g/mol. The highest BCUT2D eigenvalue weighted by Gasteiger charge is 2.35. The second-order valence-electron chi connectivity index (χ2n) is 9.26. The first-order valence-electron chi connectivity index (χ1n) is 12.4. The van der Waals surface area contributed by atoms with E-state index < -0.39 is 0 Å². The van der Waals surface area contributed by atoms with E-state index in [1.165, 1.54) is 47.8 Å². The van der Waals surface area contributed by atoms with Gasteiger partial charge in [-0.15, -0.1) is 23.1 Å². The normalized spacial score (nSPS) is 21.9. The molecule has 0 bridgehead atoms. The zero-order chi connectivity index (χ0) is 24.8. The number of fused-ring (bicyclic) bond motifs is 3. The fourth-order valence-electron chi connectivity index (χ4n) is 5.33. The number of methoxy groups -OCH3 is 1. The number of hydrogen-bond donors (Lipinski definition) is 0. The Morgan fingerprint density at radius 3 is 2.81 bits per heavy atom. The molecule has 3 nitrogen and oxygen atoms in total. The van der Waals surface area contributed by atoms with Gasteiger partial charge < -0.3 is 14.5 Å². The molecule has 2 aliphatic heterocycles. The van der Waals surface area contributed by atoms with Crippen molar-refractivity contribution in [3.63, 3.8) is 0 Å². The minimum Gasteiger partial charge on any atom is -0.496 e. The molecule has 0 spiro atoms.